The van der Waals surface area contributed by atoms with Crippen LogP contribution in [0.5, 0.6) is 0 Å². The first kappa shape index (κ1) is 23.0. The van der Waals surface area contributed by atoms with E-state index in [4.69, 9.17) is 0 Å². The lowest BCUT2D eigenvalue weighted by molar-refractivity contribution is -0.137. The topological polar surface area (TPSA) is 57.7 Å². The van der Waals surface area contributed by atoms with Crippen molar-refractivity contribution in [2.75, 3.05) is 19.6 Å². The number of hydrogen-bond donors (Lipinski definition) is 0. The molecule has 0 unspecified atom stereocenters. The molecule has 1 aliphatic carbocycles. The zero-order valence-electron chi connectivity index (χ0n) is 19.0. The normalized spacial score (nSPS) is 17.7. The van der Waals surface area contributed by atoms with Crippen LogP contribution in [0.25, 0.3) is 0 Å². The van der Waals surface area contributed by atoms with Gasteiger partial charge in [-0.25, -0.2) is 8.42 Å². The van der Waals surface area contributed by atoms with Crippen LogP contribution in [0.2, 0.25) is 0 Å². The summed E-state index contributed by atoms with van der Waals surface area (Å²) in [7, 11) is -3.52. The molecule has 1 fully saturated rings. The smallest absolute Gasteiger partial charge is 0.243 e. The third-order valence-corrected chi connectivity index (χ3v) is 8.68. The van der Waals surface area contributed by atoms with Gasteiger partial charge in [0.2, 0.25) is 15.9 Å². The second-order valence-corrected chi connectivity index (χ2v) is 11.0. The molecule has 0 spiro atoms. The highest BCUT2D eigenvalue weighted by Crippen LogP contribution is 2.29. The molecule has 2 aromatic rings. The number of benzene rings is 2. The van der Waals surface area contributed by atoms with E-state index in [1.54, 1.807) is 10.4 Å². The van der Waals surface area contributed by atoms with Gasteiger partial charge in [0.1, 0.15) is 0 Å². The summed E-state index contributed by atoms with van der Waals surface area (Å²) in [6.45, 7) is 4.23. The van der Waals surface area contributed by atoms with Crippen LogP contribution >= 0.6 is 0 Å². The standard InChI is InChI=1S/C26H34N2O3S/c1-2-16-27(20-21-8-4-3-5-9-21)26(29)23-14-17-28(18-15-23)32(30,31)25-13-12-22-10-6-7-11-24(22)19-25/h3-5,8-9,12-13,19,23H,2,6-7,10-11,14-18,20H2,1H3. The van der Waals surface area contributed by atoms with Gasteiger partial charge in [0.05, 0.1) is 4.90 Å². The Morgan fingerprint density at radius 1 is 1.00 bits per heavy atom. The van der Waals surface area contributed by atoms with E-state index in [0.29, 0.717) is 37.4 Å². The molecule has 0 saturated carbocycles. The molecular formula is C26H34N2O3S. The molecule has 0 aromatic heterocycles. The number of carbonyl (C=O) groups excluding carboxylic acids is 1. The average Bonchev–Trinajstić information content (AvgIpc) is 2.83. The van der Waals surface area contributed by atoms with Crippen LogP contribution in [0.1, 0.15) is 55.7 Å². The van der Waals surface area contributed by atoms with Crippen molar-refractivity contribution in [1.82, 2.24) is 9.21 Å². The van der Waals surface area contributed by atoms with E-state index in [9.17, 15) is 13.2 Å². The van der Waals surface area contributed by atoms with Gasteiger partial charge >= 0.3 is 0 Å². The van der Waals surface area contributed by atoms with Crippen molar-refractivity contribution in [3.8, 4) is 0 Å². The molecule has 4 rings (SSSR count). The summed E-state index contributed by atoms with van der Waals surface area (Å²) in [5.74, 6) is 0.0433. The minimum atomic E-state index is -3.52. The lowest BCUT2D eigenvalue weighted by atomic mass is 9.92. The van der Waals surface area contributed by atoms with Gasteiger partial charge in [-0.3, -0.25) is 4.79 Å². The molecule has 2 aliphatic rings. The maximum atomic E-state index is 13.3. The van der Waals surface area contributed by atoms with Crippen LogP contribution < -0.4 is 0 Å². The molecule has 1 heterocycles. The summed E-state index contributed by atoms with van der Waals surface area (Å²) in [5, 5.41) is 0. The quantitative estimate of drug-likeness (QED) is 0.623. The Bertz CT molecular complexity index is 1030. The van der Waals surface area contributed by atoms with Gasteiger partial charge < -0.3 is 4.90 Å². The summed E-state index contributed by atoms with van der Waals surface area (Å²) in [6.07, 6.45) is 6.38. The summed E-state index contributed by atoms with van der Waals surface area (Å²) < 4.78 is 28.1. The second-order valence-electron chi connectivity index (χ2n) is 9.06. The van der Waals surface area contributed by atoms with Crippen molar-refractivity contribution in [3.63, 3.8) is 0 Å². The fourth-order valence-electron chi connectivity index (χ4n) is 4.96. The van der Waals surface area contributed by atoms with Gasteiger partial charge in [-0.1, -0.05) is 43.3 Å². The minimum absolute atomic E-state index is 0.111. The first-order chi connectivity index (χ1) is 15.5. The highest BCUT2D eigenvalue weighted by atomic mass is 32.2. The lowest BCUT2D eigenvalue weighted by Gasteiger charge is -2.34. The van der Waals surface area contributed by atoms with Crippen molar-refractivity contribution in [1.29, 1.82) is 0 Å². The first-order valence-corrected chi connectivity index (χ1v) is 13.4. The highest BCUT2D eigenvalue weighted by Gasteiger charge is 2.34. The molecule has 0 atom stereocenters. The van der Waals surface area contributed by atoms with Crippen LogP contribution in [-0.2, 0) is 34.2 Å². The van der Waals surface area contributed by atoms with Gasteiger partial charge in [-0.15, -0.1) is 0 Å². The Hall–Kier alpha value is -2.18. The van der Waals surface area contributed by atoms with Crippen molar-refractivity contribution >= 4 is 15.9 Å². The Morgan fingerprint density at radius 3 is 2.38 bits per heavy atom. The number of piperidine rings is 1. The molecule has 6 heteroatoms. The summed E-state index contributed by atoms with van der Waals surface area (Å²) in [6, 6.07) is 15.7. The van der Waals surface area contributed by atoms with Gasteiger partial charge in [0, 0.05) is 32.1 Å². The molecule has 1 saturated heterocycles. The number of amides is 1. The Morgan fingerprint density at radius 2 is 1.69 bits per heavy atom. The maximum absolute atomic E-state index is 13.3. The maximum Gasteiger partial charge on any atom is 0.243 e. The number of hydrogen-bond acceptors (Lipinski definition) is 3. The van der Waals surface area contributed by atoms with Crippen molar-refractivity contribution in [3.05, 3.63) is 65.2 Å². The van der Waals surface area contributed by atoms with Crippen LogP contribution in [0, 0.1) is 5.92 Å². The number of nitrogens with zero attached hydrogens (tertiary/aromatic N) is 2. The molecule has 172 valence electrons. The van der Waals surface area contributed by atoms with E-state index in [-0.39, 0.29) is 11.8 Å². The number of sulfonamides is 1. The van der Waals surface area contributed by atoms with Crippen LogP contribution in [0.4, 0.5) is 0 Å². The van der Waals surface area contributed by atoms with E-state index in [2.05, 4.69) is 6.92 Å². The molecule has 32 heavy (non-hydrogen) atoms. The number of rotatable bonds is 7. The number of carbonyl (C=O) groups is 1. The van der Waals surface area contributed by atoms with Gasteiger partial charge in [0.25, 0.3) is 0 Å². The molecule has 1 aliphatic heterocycles. The zero-order valence-corrected chi connectivity index (χ0v) is 19.8. The van der Waals surface area contributed by atoms with Gasteiger partial charge in [0.15, 0.2) is 0 Å². The van der Waals surface area contributed by atoms with Crippen LogP contribution in [-0.4, -0.2) is 43.2 Å². The SMILES string of the molecule is CCCN(Cc1ccccc1)C(=O)C1CCN(S(=O)(=O)c2ccc3c(c2)CCCC3)CC1. The van der Waals surface area contributed by atoms with Gasteiger partial charge in [-0.05, 0) is 73.8 Å². The minimum Gasteiger partial charge on any atom is -0.338 e. The first-order valence-electron chi connectivity index (χ1n) is 11.9. The monoisotopic (exact) mass is 454 g/mol. The van der Waals surface area contributed by atoms with E-state index >= 15 is 0 Å². The van der Waals surface area contributed by atoms with E-state index in [1.165, 1.54) is 17.5 Å². The Kier molecular flexibility index (Phi) is 7.31. The third-order valence-electron chi connectivity index (χ3n) is 6.78. The predicted molar refractivity (Wildman–Crippen MR) is 127 cm³/mol. The second kappa shape index (κ2) is 10.2. The fourth-order valence-corrected chi connectivity index (χ4v) is 6.48. The number of aryl methyl sites for hydroxylation is 2. The van der Waals surface area contributed by atoms with Gasteiger partial charge in [-0.2, -0.15) is 4.31 Å². The number of fused-ring (bicyclic) bond motifs is 1. The highest BCUT2D eigenvalue weighted by molar-refractivity contribution is 7.89. The Balaban J connectivity index is 1.40. The Labute approximate surface area is 192 Å². The molecule has 1 amide bonds. The van der Waals surface area contributed by atoms with Crippen LogP contribution in [0.3, 0.4) is 0 Å². The molecule has 0 bridgehead atoms. The summed E-state index contributed by atoms with van der Waals surface area (Å²) in [4.78, 5) is 15.6. The fraction of sp³-hybridized carbons (Fsp3) is 0.500. The summed E-state index contributed by atoms with van der Waals surface area (Å²) >= 11 is 0. The molecule has 0 radical (unpaired) electrons. The molecule has 0 N–H and O–H groups in total. The predicted octanol–water partition coefficient (Wildman–Crippen LogP) is 4.40. The van der Waals surface area contributed by atoms with E-state index < -0.39 is 10.0 Å². The van der Waals surface area contributed by atoms with E-state index in [0.717, 1.165) is 37.8 Å². The zero-order chi connectivity index (χ0) is 22.6. The molecule has 5 nitrogen and oxygen atoms in total. The average molecular weight is 455 g/mol. The van der Waals surface area contributed by atoms with E-state index in [1.807, 2.05) is 47.4 Å². The van der Waals surface area contributed by atoms with Crippen LogP contribution in [0.15, 0.2) is 53.4 Å². The lowest BCUT2D eigenvalue weighted by Crippen LogP contribution is -2.44. The van der Waals surface area contributed by atoms with Crippen molar-refractivity contribution in [2.24, 2.45) is 5.92 Å². The largest absolute Gasteiger partial charge is 0.338 e. The van der Waals surface area contributed by atoms with Crippen molar-refractivity contribution < 1.29 is 13.2 Å². The molecule has 2 aromatic carbocycles. The summed E-state index contributed by atoms with van der Waals surface area (Å²) in [5.41, 5.74) is 3.59. The van der Waals surface area contributed by atoms with Crippen molar-refractivity contribution in [2.45, 2.75) is 63.3 Å². The third kappa shape index (κ3) is 5.07. The molecular weight excluding hydrogens is 420 g/mol.